The highest BCUT2D eigenvalue weighted by molar-refractivity contribution is 6.87. The monoisotopic (exact) mass is 222 g/mol. The van der Waals surface area contributed by atoms with Gasteiger partial charge in [-0.05, 0) is 24.3 Å². The van der Waals surface area contributed by atoms with Gasteiger partial charge in [-0.2, -0.15) is 0 Å². The molecule has 0 aliphatic rings. The summed E-state index contributed by atoms with van der Waals surface area (Å²) in [4.78, 5) is 7.38. The van der Waals surface area contributed by atoms with E-state index in [1.807, 2.05) is 0 Å². The van der Waals surface area contributed by atoms with Gasteiger partial charge >= 0.3 is 0 Å². The first-order chi connectivity index (χ1) is 7.29. The van der Waals surface area contributed by atoms with Crippen molar-refractivity contribution in [3.63, 3.8) is 0 Å². The zero-order valence-corrected chi connectivity index (χ0v) is 11.0. The Labute approximate surface area is 94.3 Å². The quantitative estimate of drug-likeness (QED) is 0.714. The molecule has 0 heterocycles. The van der Waals surface area contributed by atoms with Crippen molar-refractivity contribution in [1.29, 1.82) is 0 Å². The maximum atomic E-state index is 3.69. The highest BCUT2D eigenvalue weighted by Crippen LogP contribution is 2.02. The molecule has 0 bridgehead atoms. The first kappa shape index (κ1) is 12.4. The van der Waals surface area contributed by atoms with Crippen LogP contribution in [0.25, 0.3) is 0 Å². The van der Waals surface area contributed by atoms with E-state index in [4.69, 9.17) is 0 Å². The molecule has 1 aromatic rings. The lowest BCUT2D eigenvalue weighted by Gasteiger charge is -2.32. The minimum absolute atomic E-state index is 1.03. The van der Waals surface area contributed by atoms with Gasteiger partial charge in [0.25, 0.3) is 0 Å². The summed E-state index contributed by atoms with van der Waals surface area (Å²) in [5, 5.41) is 1.45. The summed E-state index contributed by atoms with van der Waals surface area (Å²) in [6.45, 7) is 8.68. The van der Waals surface area contributed by atoms with Gasteiger partial charge in [0.05, 0.1) is 0 Å². The minimum atomic E-state index is -1.65. The Morgan fingerprint density at radius 1 is 0.933 bits per heavy atom. The summed E-state index contributed by atoms with van der Waals surface area (Å²) in [6.07, 6.45) is 0. The number of nitrogens with one attached hydrogen (secondary N) is 2. The van der Waals surface area contributed by atoms with Crippen LogP contribution in [-0.4, -0.2) is 21.5 Å². The fourth-order valence-corrected chi connectivity index (χ4v) is 5.46. The second kappa shape index (κ2) is 6.05. The zero-order chi connectivity index (χ0) is 11.1. The van der Waals surface area contributed by atoms with Crippen LogP contribution in [0.1, 0.15) is 20.8 Å². The average molecular weight is 222 g/mol. The highest BCUT2D eigenvalue weighted by Gasteiger charge is 2.31. The van der Waals surface area contributed by atoms with Crippen molar-refractivity contribution in [3.8, 4) is 0 Å². The van der Waals surface area contributed by atoms with Gasteiger partial charge in [-0.25, -0.2) is 0 Å². The van der Waals surface area contributed by atoms with E-state index in [0.717, 1.165) is 13.1 Å². The van der Waals surface area contributed by atoms with Crippen molar-refractivity contribution in [2.24, 2.45) is 0 Å². The van der Waals surface area contributed by atoms with Gasteiger partial charge in [0.1, 0.15) is 0 Å². The van der Waals surface area contributed by atoms with Crippen LogP contribution in [0, 0.1) is 0 Å². The molecule has 0 unspecified atom stereocenters. The minimum Gasteiger partial charge on any atom is -0.322 e. The third-order valence-electron chi connectivity index (χ3n) is 2.75. The number of benzene rings is 1. The van der Waals surface area contributed by atoms with E-state index in [1.165, 1.54) is 11.2 Å². The molecule has 0 radical (unpaired) electrons. The summed E-state index contributed by atoms with van der Waals surface area (Å²) in [5.41, 5.74) is 0. The van der Waals surface area contributed by atoms with Crippen LogP contribution < -0.4 is 15.2 Å². The molecular formula is C12H22N2Si. The standard InChI is InChI=1S/C12H22N2Si/c1-4-13-15(6-3,14-5-2)12-10-8-7-9-11-12/h7-11,13-14H,4-6H2,1-3H3. The molecule has 1 rings (SSSR count). The summed E-state index contributed by atoms with van der Waals surface area (Å²) < 4.78 is 0. The molecule has 0 saturated carbocycles. The second-order valence-electron chi connectivity index (χ2n) is 3.69. The van der Waals surface area contributed by atoms with Crippen molar-refractivity contribution in [3.05, 3.63) is 30.3 Å². The molecule has 1 aromatic carbocycles. The van der Waals surface area contributed by atoms with E-state index in [2.05, 4.69) is 61.1 Å². The van der Waals surface area contributed by atoms with E-state index >= 15 is 0 Å². The molecular weight excluding hydrogens is 200 g/mol. The molecule has 0 amide bonds. The Bertz CT molecular complexity index is 268. The van der Waals surface area contributed by atoms with Gasteiger partial charge in [0.2, 0.25) is 8.40 Å². The van der Waals surface area contributed by atoms with Gasteiger partial charge in [-0.3, -0.25) is 0 Å². The topological polar surface area (TPSA) is 24.1 Å². The first-order valence-electron chi connectivity index (χ1n) is 5.84. The second-order valence-corrected chi connectivity index (χ2v) is 7.49. The third-order valence-corrected chi connectivity index (χ3v) is 7.05. The number of hydrogen-bond acceptors (Lipinski definition) is 2. The van der Waals surface area contributed by atoms with Crippen LogP contribution in [0.2, 0.25) is 6.04 Å². The van der Waals surface area contributed by atoms with Crippen molar-refractivity contribution < 1.29 is 0 Å². The predicted octanol–water partition coefficient (Wildman–Crippen LogP) is 1.57. The van der Waals surface area contributed by atoms with Gasteiger partial charge in [-0.1, -0.05) is 51.1 Å². The molecule has 0 atom stereocenters. The van der Waals surface area contributed by atoms with E-state index in [-0.39, 0.29) is 0 Å². The van der Waals surface area contributed by atoms with Crippen molar-refractivity contribution in [2.75, 3.05) is 13.1 Å². The Balaban J connectivity index is 2.97. The molecule has 84 valence electrons. The van der Waals surface area contributed by atoms with Gasteiger partial charge in [0, 0.05) is 0 Å². The lowest BCUT2D eigenvalue weighted by Crippen LogP contribution is -2.70. The molecule has 3 heteroatoms. The van der Waals surface area contributed by atoms with E-state index in [0.29, 0.717) is 0 Å². The lowest BCUT2D eigenvalue weighted by molar-refractivity contribution is 0.857. The lowest BCUT2D eigenvalue weighted by atomic mass is 10.4. The fraction of sp³-hybridized carbons (Fsp3) is 0.500. The van der Waals surface area contributed by atoms with E-state index in [1.54, 1.807) is 0 Å². The zero-order valence-electron chi connectivity index (χ0n) is 10.0. The fourth-order valence-electron chi connectivity index (χ4n) is 2.05. The molecule has 0 aliphatic carbocycles. The molecule has 0 spiro atoms. The molecule has 15 heavy (non-hydrogen) atoms. The van der Waals surface area contributed by atoms with E-state index < -0.39 is 8.40 Å². The average Bonchev–Trinajstić information content (AvgIpc) is 2.30. The Hall–Kier alpha value is -0.643. The maximum Gasteiger partial charge on any atom is 0.234 e. The smallest absolute Gasteiger partial charge is 0.234 e. The summed E-state index contributed by atoms with van der Waals surface area (Å²) in [7, 11) is -1.65. The van der Waals surface area contributed by atoms with Crippen molar-refractivity contribution >= 4 is 13.6 Å². The maximum absolute atomic E-state index is 3.69. The number of rotatable bonds is 6. The SMILES string of the molecule is CCN[Si](CC)(NCC)c1ccccc1. The molecule has 0 aliphatic heterocycles. The van der Waals surface area contributed by atoms with Crippen molar-refractivity contribution in [2.45, 2.75) is 26.8 Å². The summed E-state index contributed by atoms with van der Waals surface area (Å²) >= 11 is 0. The highest BCUT2D eigenvalue weighted by atomic mass is 28.3. The molecule has 2 N–H and O–H groups in total. The molecule has 0 fully saturated rings. The third kappa shape index (κ3) is 2.90. The summed E-state index contributed by atoms with van der Waals surface area (Å²) in [5.74, 6) is 0. The Morgan fingerprint density at radius 3 is 1.87 bits per heavy atom. The predicted molar refractivity (Wildman–Crippen MR) is 69.7 cm³/mol. The first-order valence-corrected chi connectivity index (χ1v) is 8.05. The number of hydrogen-bond donors (Lipinski definition) is 2. The largest absolute Gasteiger partial charge is 0.322 e. The van der Waals surface area contributed by atoms with Crippen LogP contribution >= 0.6 is 0 Å². The van der Waals surface area contributed by atoms with Gasteiger partial charge in [-0.15, -0.1) is 0 Å². The van der Waals surface area contributed by atoms with Gasteiger partial charge in [0.15, 0.2) is 0 Å². The van der Waals surface area contributed by atoms with E-state index in [9.17, 15) is 0 Å². The molecule has 0 aromatic heterocycles. The van der Waals surface area contributed by atoms with Gasteiger partial charge < -0.3 is 9.96 Å². The normalized spacial score (nSPS) is 11.7. The van der Waals surface area contributed by atoms with Crippen LogP contribution in [0.3, 0.4) is 0 Å². The summed E-state index contributed by atoms with van der Waals surface area (Å²) in [6, 6.07) is 12.0. The van der Waals surface area contributed by atoms with Crippen LogP contribution in [-0.2, 0) is 0 Å². The molecule has 2 nitrogen and oxygen atoms in total. The molecule has 0 saturated heterocycles. The Morgan fingerprint density at radius 2 is 1.47 bits per heavy atom. The van der Waals surface area contributed by atoms with Crippen LogP contribution in [0.5, 0.6) is 0 Å². The van der Waals surface area contributed by atoms with Crippen LogP contribution in [0.4, 0.5) is 0 Å². The Kier molecular flexibility index (Phi) is 5.01. The van der Waals surface area contributed by atoms with Crippen molar-refractivity contribution in [1.82, 2.24) is 9.96 Å². The van der Waals surface area contributed by atoms with Crippen LogP contribution in [0.15, 0.2) is 30.3 Å².